The summed E-state index contributed by atoms with van der Waals surface area (Å²) in [5.74, 6) is 0.511. The third-order valence-corrected chi connectivity index (χ3v) is 3.98. The highest BCUT2D eigenvalue weighted by molar-refractivity contribution is 6.27. The van der Waals surface area contributed by atoms with E-state index in [4.69, 9.17) is 9.47 Å². The number of carbonyl (C=O) groups excluding carboxylic acids is 1. The number of methoxy groups -OCH3 is 1. The Morgan fingerprint density at radius 1 is 1.04 bits per heavy atom. The molecule has 0 atom stereocenters. The molecule has 5 heteroatoms. The van der Waals surface area contributed by atoms with Crippen molar-refractivity contribution in [3.8, 4) is 11.5 Å². The van der Waals surface area contributed by atoms with Gasteiger partial charge in [-0.3, -0.25) is 4.79 Å². The molecule has 0 spiro atoms. The average Bonchev–Trinajstić information content (AvgIpc) is 2.93. The van der Waals surface area contributed by atoms with Crippen LogP contribution in [0.25, 0.3) is 22.6 Å². The lowest BCUT2D eigenvalue weighted by Crippen LogP contribution is -2.10. The first kappa shape index (κ1) is 14.3. The number of carbonyl (C=O) groups is 1. The Bertz CT molecular complexity index is 1050. The number of pyridine rings is 1. The number of H-pyrrole nitrogens is 1. The molecule has 1 aliphatic rings. The van der Waals surface area contributed by atoms with Gasteiger partial charge in [-0.25, -0.2) is 4.79 Å². The first-order chi connectivity index (χ1) is 11.7. The van der Waals surface area contributed by atoms with Crippen LogP contribution in [0.4, 0.5) is 0 Å². The zero-order valence-corrected chi connectivity index (χ0v) is 12.8. The molecule has 1 aliphatic heterocycles. The number of hydrogen-bond acceptors (Lipinski definition) is 4. The van der Waals surface area contributed by atoms with Crippen LogP contribution in [0.2, 0.25) is 0 Å². The molecule has 0 saturated carbocycles. The van der Waals surface area contributed by atoms with Crippen molar-refractivity contribution in [3.63, 3.8) is 0 Å². The number of hydrogen-bond donors (Lipinski definition) is 1. The summed E-state index contributed by atoms with van der Waals surface area (Å²) in [6.45, 7) is 0. The van der Waals surface area contributed by atoms with Crippen molar-refractivity contribution in [2.45, 2.75) is 0 Å². The Hall–Kier alpha value is -3.34. The van der Waals surface area contributed by atoms with Gasteiger partial charge in [-0.2, -0.15) is 0 Å². The molecular weight excluding hydrogens is 306 g/mol. The van der Waals surface area contributed by atoms with Crippen molar-refractivity contribution < 1.29 is 14.3 Å². The molecule has 0 fully saturated rings. The molecule has 0 radical (unpaired) electrons. The van der Waals surface area contributed by atoms with E-state index in [9.17, 15) is 9.59 Å². The first-order valence-corrected chi connectivity index (χ1v) is 7.40. The maximum absolute atomic E-state index is 12.4. The number of ether oxygens (including phenoxy) is 2. The Kier molecular flexibility index (Phi) is 3.20. The Morgan fingerprint density at radius 2 is 1.79 bits per heavy atom. The van der Waals surface area contributed by atoms with E-state index in [1.807, 2.05) is 30.3 Å². The van der Waals surface area contributed by atoms with Crippen molar-refractivity contribution >= 4 is 28.5 Å². The van der Waals surface area contributed by atoms with Crippen LogP contribution in [0.1, 0.15) is 11.1 Å². The highest BCUT2D eigenvalue weighted by atomic mass is 16.5. The summed E-state index contributed by atoms with van der Waals surface area (Å²) in [6, 6.07) is 14.4. The van der Waals surface area contributed by atoms with Gasteiger partial charge >= 0.3 is 5.97 Å². The highest BCUT2D eigenvalue weighted by Crippen LogP contribution is 2.37. The minimum absolute atomic E-state index is 0.252. The van der Waals surface area contributed by atoms with Crippen LogP contribution in [0.15, 0.2) is 53.3 Å². The number of esters is 1. The smallest absolute Gasteiger partial charge is 0.344 e. The lowest BCUT2D eigenvalue weighted by atomic mass is 10.0. The van der Waals surface area contributed by atoms with Crippen molar-refractivity contribution in [2.75, 3.05) is 7.11 Å². The van der Waals surface area contributed by atoms with Crippen LogP contribution in [-0.4, -0.2) is 18.1 Å². The first-order valence-electron chi connectivity index (χ1n) is 7.40. The third-order valence-electron chi connectivity index (χ3n) is 3.98. The van der Waals surface area contributed by atoms with E-state index in [2.05, 4.69) is 4.98 Å². The van der Waals surface area contributed by atoms with Crippen LogP contribution in [0, 0.1) is 0 Å². The molecule has 5 nitrogen and oxygen atoms in total. The fourth-order valence-electron chi connectivity index (χ4n) is 2.81. The second kappa shape index (κ2) is 5.38. The molecule has 1 aromatic heterocycles. The van der Waals surface area contributed by atoms with Crippen molar-refractivity contribution in [2.24, 2.45) is 0 Å². The minimum Gasteiger partial charge on any atom is -0.497 e. The van der Waals surface area contributed by atoms with Gasteiger partial charge in [0.15, 0.2) is 5.75 Å². The van der Waals surface area contributed by atoms with Crippen molar-refractivity contribution in [1.82, 2.24) is 4.98 Å². The van der Waals surface area contributed by atoms with Gasteiger partial charge in [0.25, 0.3) is 5.56 Å². The van der Waals surface area contributed by atoms with Gasteiger partial charge in [-0.05, 0) is 35.9 Å². The van der Waals surface area contributed by atoms with Gasteiger partial charge < -0.3 is 14.5 Å². The van der Waals surface area contributed by atoms with Crippen molar-refractivity contribution in [1.29, 1.82) is 0 Å². The lowest BCUT2D eigenvalue weighted by Gasteiger charge is -2.02. The zero-order valence-electron chi connectivity index (χ0n) is 12.8. The second-order valence-corrected chi connectivity index (χ2v) is 5.42. The predicted octanol–water partition coefficient (Wildman–Crippen LogP) is 3.00. The van der Waals surface area contributed by atoms with E-state index in [1.54, 1.807) is 31.4 Å². The Balaban J connectivity index is 1.91. The number of aromatic amines is 1. The van der Waals surface area contributed by atoms with Crippen LogP contribution in [-0.2, 0) is 4.79 Å². The monoisotopic (exact) mass is 319 g/mol. The summed E-state index contributed by atoms with van der Waals surface area (Å²) in [4.78, 5) is 27.5. The van der Waals surface area contributed by atoms with Gasteiger partial charge in [0.05, 0.1) is 23.8 Å². The summed E-state index contributed by atoms with van der Waals surface area (Å²) >= 11 is 0. The molecule has 0 bridgehead atoms. The molecule has 0 aliphatic carbocycles. The van der Waals surface area contributed by atoms with Gasteiger partial charge in [0.1, 0.15) is 5.75 Å². The number of rotatable bonds is 2. The summed E-state index contributed by atoms with van der Waals surface area (Å²) in [5, 5.41) is 0.707. The third kappa shape index (κ3) is 2.18. The van der Waals surface area contributed by atoms with Crippen molar-refractivity contribution in [3.05, 3.63) is 70.0 Å². The highest BCUT2D eigenvalue weighted by Gasteiger charge is 2.31. The van der Waals surface area contributed by atoms with Gasteiger partial charge in [0, 0.05) is 5.39 Å². The molecule has 4 rings (SSSR count). The molecule has 118 valence electrons. The van der Waals surface area contributed by atoms with Crippen LogP contribution >= 0.6 is 0 Å². The van der Waals surface area contributed by atoms with Gasteiger partial charge in [-0.1, -0.05) is 24.3 Å². The van der Waals surface area contributed by atoms with Crippen LogP contribution < -0.4 is 15.0 Å². The molecule has 24 heavy (non-hydrogen) atoms. The van der Waals surface area contributed by atoms with Crippen LogP contribution in [0.3, 0.4) is 0 Å². The fraction of sp³-hybridized carbons (Fsp3) is 0.0526. The minimum atomic E-state index is -0.525. The second-order valence-electron chi connectivity index (χ2n) is 5.42. The SMILES string of the molecule is COc1ccc(/C=C2\C(=O)Oc3c2c(=O)[nH]c2ccccc32)cc1. The lowest BCUT2D eigenvalue weighted by molar-refractivity contribution is -0.126. The predicted molar refractivity (Wildman–Crippen MR) is 91.1 cm³/mol. The molecule has 0 saturated heterocycles. The molecule has 2 aromatic carbocycles. The van der Waals surface area contributed by atoms with E-state index in [1.165, 1.54) is 0 Å². The summed E-state index contributed by atoms with van der Waals surface area (Å²) in [7, 11) is 1.59. The fourth-order valence-corrected chi connectivity index (χ4v) is 2.81. The largest absolute Gasteiger partial charge is 0.497 e. The topological polar surface area (TPSA) is 68.4 Å². The number of nitrogens with one attached hydrogen (secondary N) is 1. The molecule has 2 heterocycles. The number of aromatic nitrogens is 1. The van der Waals surface area contributed by atoms with E-state index in [-0.39, 0.29) is 16.7 Å². The number of benzene rings is 2. The molecule has 0 unspecified atom stereocenters. The normalized spacial score (nSPS) is 14.7. The molecule has 1 N–H and O–H groups in total. The standard InChI is InChI=1S/C19H13NO4/c1-23-12-8-6-11(7-9-12)10-14-16-17(24-19(14)22)13-4-2-3-5-15(13)20-18(16)21/h2-10H,1H3,(H,20,21)/b14-10-. The quantitative estimate of drug-likeness (QED) is 0.582. The summed E-state index contributed by atoms with van der Waals surface area (Å²) < 4.78 is 10.5. The van der Waals surface area contributed by atoms with Crippen LogP contribution in [0.5, 0.6) is 11.5 Å². The molecular formula is C19H13NO4. The summed E-state index contributed by atoms with van der Waals surface area (Å²) in [6.07, 6.45) is 1.65. The molecule has 3 aromatic rings. The van der Waals surface area contributed by atoms with Gasteiger partial charge in [0.2, 0.25) is 0 Å². The molecule has 0 amide bonds. The van der Waals surface area contributed by atoms with E-state index in [0.29, 0.717) is 16.7 Å². The maximum atomic E-state index is 12.4. The number of fused-ring (bicyclic) bond motifs is 3. The van der Waals surface area contributed by atoms with Gasteiger partial charge in [-0.15, -0.1) is 0 Å². The average molecular weight is 319 g/mol. The zero-order chi connectivity index (χ0) is 16.7. The van der Waals surface area contributed by atoms with E-state index < -0.39 is 5.97 Å². The maximum Gasteiger partial charge on any atom is 0.344 e. The van der Waals surface area contributed by atoms with E-state index in [0.717, 1.165) is 11.3 Å². The number of para-hydroxylation sites is 1. The Labute approximate surface area is 137 Å². The Morgan fingerprint density at radius 3 is 2.54 bits per heavy atom. The summed E-state index contributed by atoms with van der Waals surface area (Å²) in [5.41, 5.74) is 1.61. The van der Waals surface area contributed by atoms with E-state index >= 15 is 0 Å².